The Morgan fingerprint density at radius 3 is 1.09 bits per heavy atom. The van der Waals surface area contributed by atoms with E-state index in [1.165, 1.54) is 0 Å². The number of aliphatic hydroxyl groups is 1. The van der Waals surface area contributed by atoms with Gasteiger partial charge in [0.15, 0.2) is 0 Å². The zero-order chi connectivity index (χ0) is 24.5. The highest BCUT2D eigenvalue weighted by Crippen LogP contribution is 2.49. The van der Waals surface area contributed by atoms with Crippen molar-refractivity contribution in [1.29, 1.82) is 0 Å². The second-order valence-corrected chi connectivity index (χ2v) is 10.3. The van der Waals surface area contributed by atoms with Gasteiger partial charge in [0.1, 0.15) is 23.8 Å². The lowest BCUT2D eigenvalue weighted by Crippen LogP contribution is -2.36. The monoisotopic (exact) mass is 472 g/mol. The molecule has 0 aliphatic rings. The third-order valence-corrected chi connectivity index (χ3v) is 5.79. The van der Waals surface area contributed by atoms with Crippen molar-refractivity contribution in [2.24, 2.45) is 0 Å². The topological polar surface area (TPSA) is 65.0 Å². The molecule has 1 N–H and O–H groups in total. The molecule has 0 saturated heterocycles. The van der Waals surface area contributed by atoms with E-state index in [0.717, 1.165) is 27.7 Å². The number of hydrogen-bond acceptors (Lipinski definition) is 5. The molecule has 0 unspecified atom stereocenters. The van der Waals surface area contributed by atoms with E-state index in [1.807, 2.05) is 57.2 Å². The predicted octanol–water partition coefficient (Wildman–Crippen LogP) is 5.94. The van der Waals surface area contributed by atoms with Gasteiger partial charge in [-0.3, -0.25) is 0 Å². The average Bonchev–Trinajstić information content (AvgIpc) is 2.73. The second kappa shape index (κ2) is 11.9. The van der Waals surface area contributed by atoms with Gasteiger partial charge in [-0.2, -0.15) is 4.57 Å². The van der Waals surface area contributed by atoms with Crippen molar-refractivity contribution in [3.05, 3.63) is 89.5 Å². The summed E-state index contributed by atoms with van der Waals surface area (Å²) < 4.78 is 31.1. The smallest absolute Gasteiger partial charge is 0.391 e. The van der Waals surface area contributed by atoms with Crippen molar-refractivity contribution in [3.8, 4) is 17.2 Å². The van der Waals surface area contributed by atoms with Crippen LogP contribution < -0.4 is 13.6 Å². The summed E-state index contributed by atoms with van der Waals surface area (Å²) >= 11 is 0. The van der Waals surface area contributed by atoms with Crippen molar-refractivity contribution >= 4 is 7.82 Å². The molecule has 33 heavy (non-hydrogen) atoms. The maximum atomic E-state index is 13.3. The molecule has 0 amide bonds. The molecule has 0 heterocycles. The molecular formula is C26H35NO5P+. The van der Waals surface area contributed by atoms with E-state index in [9.17, 15) is 4.57 Å². The first kappa shape index (κ1) is 26.5. The van der Waals surface area contributed by atoms with E-state index in [1.54, 1.807) is 36.4 Å². The molecule has 0 aromatic heterocycles. The molecule has 3 aromatic carbocycles. The molecule has 3 rings (SSSR count). The lowest BCUT2D eigenvalue weighted by Gasteiger charge is -2.21. The average molecular weight is 473 g/mol. The minimum absolute atomic E-state index is 0.281. The largest absolute Gasteiger partial charge is 0.647 e. The molecule has 0 fully saturated rings. The van der Waals surface area contributed by atoms with Gasteiger partial charge >= 0.3 is 7.82 Å². The summed E-state index contributed by atoms with van der Waals surface area (Å²) in [6.45, 7) is 7.02. The Balaban J connectivity index is 0.000000479. The summed E-state index contributed by atoms with van der Waals surface area (Å²) in [7, 11) is 2.23. The molecule has 0 atom stereocenters. The Morgan fingerprint density at radius 1 is 0.636 bits per heavy atom. The quantitative estimate of drug-likeness (QED) is 0.325. The summed E-state index contributed by atoms with van der Waals surface area (Å²) in [6.07, 6.45) is 0. The number of aryl methyl sites for hydroxylation is 3. The van der Waals surface area contributed by atoms with Gasteiger partial charge in [-0.15, -0.1) is 0 Å². The minimum Gasteiger partial charge on any atom is -0.391 e. The molecular weight excluding hydrogens is 437 g/mol. The number of hydrogen-bond donors (Lipinski definition) is 1. The molecule has 3 aromatic rings. The minimum atomic E-state index is -3.93. The fourth-order valence-corrected chi connectivity index (χ4v) is 3.79. The number of likely N-dealkylation sites (N-methyl/N-ethyl adjacent to an activating group) is 1. The van der Waals surface area contributed by atoms with Gasteiger partial charge in [-0.25, -0.2) is 0 Å². The fourth-order valence-electron chi connectivity index (χ4n) is 2.54. The normalized spacial score (nSPS) is 11.2. The number of phosphoric ester groups is 1. The van der Waals surface area contributed by atoms with Gasteiger partial charge in [0.25, 0.3) is 0 Å². The highest BCUT2D eigenvalue weighted by Gasteiger charge is 2.33. The van der Waals surface area contributed by atoms with Crippen LogP contribution in [0.2, 0.25) is 0 Å². The summed E-state index contributed by atoms with van der Waals surface area (Å²) in [5.74, 6) is 1.24. The van der Waals surface area contributed by atoms with Crippen LogP contribution in [0.25, 0.3) is 0 Å². The maximum absolute atomic E-state index is 13.3. The van der Waals surface area contributed by atoms with E-state index >= 15 is 0 Å². The number of aliphatic hydroxyl groups excluding tert-OH is 1. The molecule has 0 aliphatic carbocycles. The number of quaternary nitrogens is 1. The lowest BCUT2D eigenvalue weighted by atomic mass is 10.2. The first-order valence-electron chi connectivity index (χ1n) is 10.8. The maximum Gasteiger partial charge on any atom is 0.647 e. The molecule has 0 radical (unpaired) electrons. The Bertz CT molecular complexity index is 904. The Labute approximate surface area is 197 Å². The van der Waals surface area contributed by atoms with Gasteiger partial charge < -0.3 is 23.2 Å². The lowest BCUT2D eigenvalue weighted by molar-refractivity contribution is -0.870. The molecule has 7 heteroatoms. The van der Waals surface area contributed by atoms with Gasteiger partial charge in [0.05, 0.1) is 27.7 Å². The SMILES string of the molecule is C[N+](C)(C)CCO.Cc1ccc(OP(=O)(Oc2ccc(C)cc2)Oc2ccc(C)cc2)cc1. The fraction of sp³-hybridized carbons (Fsp3) is 0.308. The first-order chi connectivity index (χ1) is 15.5. The van der Waals surface area contributed by atoms with Crippen molar-refractivity contribution in [2.45, 2.75) is 20.8 Å². The molecule has 0 bridgehead atoms. The zero-order valence-corrected chi connectivity index (χ0v) is 21.2. The van der Waals surface area contributed by atoms with Gasteiger partial charge in [0.2, 0.25) is 0 Å². The van der Waals surface area contributed by atoms with Crippen LogP contribution >= 0.6 is 7.82 Å². The van der Waals surface area contributed by atoms with Crippen LogP contribution in [0.1, 0.15) is 16.7 Å². The first-order valence-corrected chi connectivity index (χ1v) is 12.2. The van der Waals surface area contributed by atoms with Crippen LogP contribution in [0.4, 0.5) is 0 Å². The summed E-state index contributed by atoms with van der Waals surface area (Å²) in [4.78, 5) is 0. The highest BCUT2D eigenvalue weighted by molar-refractivity contribution is 7.49. The van der Waals surface area contributed by atoms with E-state index in [2.05, 4.69) is 21.1 Å². The molecule has 0 spiro atoms. The zero-order valence-electron chi connectivity index (χ0n) is 20.3. The number of rotatable bonds is 8. The Morgan fingerprint density at radius 2 is 0.909 bits per heavy atom. The summed E-state index contributed by atoms with van der Waals surface area (Å²) in [5, 5.41) is 8.39. The molecule has 0 saturated carbocycles. The number of phosphoric acid groups is 1. The third kappa shape index (κ3) is 10.1. The highest BCUT2D eigenvalue weighted by atomic mass is 31.2. The van der Waals surface area contributed by atoms with Crippen LogP contribution in [0.5, 0.6) is 17.2 Å². The van der Waals surface area contributed by atoms with E-state index in [-0.39, 0.29) is 6.61 Å². The Kier molecular flexibility index (Phi) is 9.54. The predicted molar refractivity (Wildman–Crippen MR) is 133 cm³/mol. The van der Waals surface area contributed by atoms with E-state index < -0.39 is 7.82 Å². The van der Waals surface area contributed by atoms with Crippen LogP contribution in [-0.2, 0) is 4.57 Å². The summed E-state index contributed by atoms with van der Waals surface area (Å²) in [6, 6.07) is 21.6. The molecule has 178 valence electrons. The molecule has 6 nitrogen and oxygen atoms in total. The van der Waals surface area contributed by atoms with Crippen molar-refractivity contribution in [3.63, 3.8) is 0 Å². The third-order valence-electron chi connectivity index (χ3n) is 4.49. The van der Waals surface area contributed by atoms with Crippen molar-refractivity contribution in [1.82, 2.24) is 0 Å². The number of nitrogens with zero attached hydrogens (tertiary/aromatic N) is 1. The van der Waals surface area contributed by atoms with Gasteiger partial charge in [0, 0.05) is 0 Å². The van der Waals surface area contributed by atoms with E-state index in [0.29, 0.717) is 17.2 Å². The number of benzene rings is 3. The van der Waals surface area contributed by atoms with Crippen molar-refractivity contribution in [2.75, 3.05) is 34.3 Å². The van der Waals surface area contributed by atoms with Gasteiger partial charge in [-0.05, 0) is 57.2 Å². The van der Waals surface area contributed by atoms with Crippen LogP contribution in [-0.4, -0.2) is 43.9 Å². The van der Waals surface area contributed by atoms with Crippen LogP contribution in [0.3, 0.4) is 0 Å². The molecule has 0 aliphatic heterocycles. The van der Waals surface area contributed by atoms with Crippen LogP contribution in [0, 0.1) is 20.8 Å². The van der Waals surface area contributed by atoms with Crippen molar-refractivity contribution < 1.29 is 27.7 Å². The van der Waals surface area contributed by atoms with Crippen LogP contribution in [0.15, 0.2) is 72.8 Å². The van der Waals surface area contributed by atoms with Gasteiger partial charge in [-0.1, -0.05) is 53.1 Å². The summed E-state index contributed by atoms with van der Waals surface area (Å²) in [5.41, 5.74) is 3.23. The Hall–Kier alpha value is -2.79. The second-order valence-electron chi connectivity index (χ2n) is 8.90. The van der Waals surface area contributed by atoms with E-state index in [4.69, 9.17) is 18.7 Å². The standard InChI is InChI=1S/C21H21O4P.C5H14NO/c1-16-4-10-19(11-5-16)23-26(22,24-20-12-6-17(2)7-13-20)25-21-14-8-18(3)9-15-21;1-6(2,3)4-5-7/h4-15H,1-3H3;7H,4-5H2,1-3H3/q;+1.